The molecule has 0 atom stereocenters. The van der Waals surface area contributed by atoms with E-state index in [1.165, 1.54) is 12.8 Å². The zero-order chi connectivity index (χ0) is 19.7. The summed E-state index contributed by atoms with van der Waals surface area (Å²) in [4.78, 5) is 23.4. The lowest BCUT2D eigenvalue weighted by Crippen LogP contribution is -2.37. The van der Waals surface area contributed by atoms with E-state index in [4.69, 9.17) is 9.47 Å². The number of carbonyl (C=O) groups is 1. The predicted molar refractivity (Wildman–Crippen MR) is 106 cm³/mol. The summed E-state index contributed by atoms with van der Waals surface area (Å²) in [6.45, 7) is 8.48. The zero-order valence-corrected chi connectivity index (χ0v) is 16.6. The Morgan fingerprint density at radius 2 is 1.96 bits per heavy atom. The lowest BCUT2D eigenvalue weighted by atomic mass is 10.2. The van der Waals surface area contributed by atoms with Crippen molar-refractivity contribution in [3.63, 3.8) is 0 Å². The molecule has 0 bridgehead atoms. The van der Waals surface area contributed by atoms with Gasteiger partial charge in [0, 0.05) is 31.3 Å². The fourth-order valence-electron chi connectivity index (χ4n) is 3.23. The summed E-state index contributed by atoms with van der Waals surface area (Å²) < 4.78 is 12.8. The van der Waals surface area contributed by atoms with Crippen LogP contribution >= 0.6 is 0 Å². The minimum Gasteiger partial charge on any atom is -0.444 e. The van der Waals surface area contributed by atoms with Crippen molar-refractivity contribution in [2.45, 2.75) is 45.1 Å². The molecule has 4 rings (SSSR count). The van der Waals surface area contributed by atoms with Crippen LogP contribution < -0.4 is 10.2 Å². The molecule has 8 heteroatoms. The molecular weight excluding hydrogens is 358 g/mol. The first-order valence-electron chi connectivity index (χ1n) is 9.76. The van der Waals surface area contributed by atoms with Crippen molar-refractivity contribution in [3.8, 4) is 5.69 Å². The Kier molecular flexibility index (Phi) is 4.97. The third-order valence-corrected chi connectivity index (χ3v) is 4.72. The van der Waals surface area contributed by atoms with E-state index in [1.807, 2.05) is 37.7 Å². The molecule has 0 spiro atoms. The Morgan fingerprint density at radius 1 is 1.21 bits per heavy atom. The van der Waals surface area contributed by atoms with Crippen LogP contribution in [0, 0.1) is 0 Å². The Morgan fingerprint density at radius 3 is 2.64 bits per heavy atom. The Labute approximate surface area is 164 Å². The Bertz CT molecular complexity index is 848. The molecule has 1 amide bonds. The quantitative estimate of drug-likeness (QED) is 0.869. The van der Waals surface area contributed by atoms with Crippen LogP contribution in [0.5, 0.6) is 0 Å². The van der Waals surface area contributed by atoms with Gasteiger partial charge < -0.3 is 18.9 Å². The number of hydrogen-bond donors (Lipinski definition) is 1. The number of hydrogen-bond acceptors (Lipinski definition) is 6. The van der Waals surface area contributed by atoms with Gasteiger partial charge in [-0.2, -0.15) is 0 Å². The number of anilines is 2. The summed E-state index contributed by atoms with van der Waals surface area (Å²) in [5.41, 5.74) is 2.48. The smallest absolute Gasteiger partial charge is 0.413 e. The third kappa shape index (κ3) is 4.44. The summed E-state index contributed by atoms with van der Waals surface area (Å²) in [6.07, 6.45) is 7.60. The van der Waals surface area contributed by atoms with Crippen LogP contribution in [0.15, 0.2) is 24.8 Å². The van der Waals surface area contributed by atoms with E-state index in [2.05, 4.69) is 26.4 Å². The van der Waals surface area contributed by atoms with Crippen LogP contribution in [0.4, 0.5) is 16.3 Å². The van der Waals surface area contributed by atoms with E-state index < -0.39 is 11.7 Å². The molecule has 1 N–H and O–H groups in total. The van der Waals surface area contributed by atoms with E-state index in [9.17, 15) is 4.79 Å². The second-order valence-electron chi connectivity index (χ2n) is 8.26. The molecule has 0 aromatic carbocycles. The Hall–Kier alpha value is -2.61. The molecule has 1 aliphatic heterocycles. The van der Waals surface area contributed by atoms with Crippen molar-refractivity contribution in [1.29, 1.82) is 0 Å². The molecule has 8 nitrogen and oxygen atoms in total. The molecule has 2 aliphatic rings. The van der Waals surface area contributed by atoms with E-state index in [-0.39, 0.29) is 0 Å². The number of imidazole rings is 1. The number of aromatic nitrogens is 3. The summed E-state index contributed by atoms with van der Waals surface area (Å²) in [7, 11) is 0. The van der Waals surface area contributed by atoms with Crippen LogP contribution in [0.1, 0.15) is 45.2 Å². The van der Waals surface area contributed by atoms with Crippen LogP contribution in [0.25, 0.3) is 5.69 Å². The van der Waals surface area contributed by atoms with E-state index in [0.29, 0.717) is 24.9 Å². The highest BCUT2D eigenvalue weighted by atomic mass is 16.6. The van der Waals surface area contributed by atoms with Crippen molar-refractivity contribution in [1.82, 2.24) is 14.5 Å². The molecule has 2 fully saturated rings. The van der Waals surface area contributed by atoms with Gasteiger partial charge in [0.15, 0.2) is 0 Å². The minimum atomic E-state index is -0.565. The van der Waals surface area contributed by atoms with Gasteiger partial charge in [-0.05, 0) is 33.6 Å². The highest BCUT2D eigenvalue weighted by molar-refractivity contribution is 5.84. The van der Waals surface area contributed by atoms with E-state index in [0.717, 1.165) is 30.2 Å². The molecule has 28 heavy (non-hydrogen) atoms. The molecule has 1 saturated heterocycles. The average molecular weight is 385 g/mol. The predicted octanol–water partition coefficient (Wildman–Crippen LogP) is 3.33. The summed E-state index contributed by atoms with van der Waals surface area (Å²) in [6, 6.07) is 1.87. The largest absolute Gasteiger partial charge is 0.444 e. The summed E-state index contributed by atoms with van der Waals surface area (Å²) >= 11 is 0. The normalized spacial score (nSPS) is 17.5. The van der Waals surface area contributed by atoms with Gasteiger partial charge in [0.25, 0.3) is 0 Å². The highest BCUT2D eigenvalue weighted by Gasteiger charge is 2.26. The van der Waals surface area contributed by atoms with E-state index in [1.54, 1.807) is 6.20 Å². The number of carbonyl (C=O) groups excluding carboxylic acids is 1. The van der Waals surface area contributed by atoms with Gasteiger partial charge in [-0.1, -0.05) is 0 Å². The van der Waals surface area contributed by atoms with Crippen LogP contribution in [-0.2, 0) is 9.47 Å². The van der Waals surface area contributed by atoms with Crippen molar-refractivity contribution in [2.75, 3.05) is 36.5 Å². The first kappa shape index (κ1) is 18.7. The monoisotopic (exact) mass is 385 g/mol. The number of morpholine rings is 1. The molecule has 2 aromatic heterocycles. The molecule has 0 unspecified atom stereocenters. The van der Waals surface area contributed by atoms with Crippen molar-refractivity contribution < 1.29 is 14.3 Å². The van der Waals surface area contributed by atoms with Crippen molar-refractivity contribution in [3.05, 3.63) is 30.5 Å². The Balaban J connectivity index is 1.63. The van der Waals surface area contributed by atoms with Gasteiger partial charge in [0.05, 0.1) is 42.8 Å². The summed E-state index contributed by atoms with van der Waals surface area (Å²) in [5, 5.41) is 2.73. The van der Waals surface area contributed by atoms with Crippen LogP contribution in [-0.4, -0.2) is 52.5 Å². The maximum Gasteiger partial charge on any atom is 0.413 e. The molecule has 150 valence electrons. The van der Waals surface area contributed by atoms with Crippen LogP contribution in [0.3, 0.4) is 0 Å². The second kappa shape index (κ2) is 7.43. The fraction of sp³-hybridized carbons (Fsp3) is 0.550. The second-order valence-corrected chi connectivity index (χ2v) is 8.26. The summed E-state index contributed by atoms with van der Waals surface area (Å²) in [5.74, 6) is 1.03. The number of nitrogens with zero attached hydrogens (tertiary/aromatic N) is 4. The lowest BCUT2D eigenvalue weighted by Gasteiger charge is -2.30. The number of pyridine rings is 1. The van der Waals surface area contributed by atoms with Gasteiger partial charge in [-0.15, -0.1) is 0 Å². The zero-order valence-electron chi connectivity index (χ0n) is 16.6. The molecule has 1 saturated carbocycles. The fourth-order valence-corrected chi connectivity index (χ4v) is 3.23. The molecule has 3 heterocycles. The van der Waals surface area contributed by atoms with Gasteiger partial charge in [-0.3, -0.25) is 5.32 Å². The van der Waals surface area contributed by atoms with Crippen molar-refractivity contribution in [2.24, 2.45) is 0 Å². The first-order chi connectivity index (χ1) is 13.4. The SMILES string of the molecule is CC(C)(C)OC(=O)Nc1cc(-n2cnc(C3CC3)c2)c(N2CCOCC2)cn1. The van der Waals surface area contributed by atoms with Gasteiger partial charge in [0.1, 0.15) is 11.4 Å². The lowest BCUT2D eigenvalue weighted by molar-refractivity contribution is 0.0635. The number of nitrogens with one attached hydrogen (secondary N) is 1. The maximum atomic E-state index is 12.1. The number of ether oxygens (including phenoxy) is 2. The molecule has 1 aliphatic carbocycles. The number of rotatable bonds is 4. The first-order valence-corrected chi connectivity index (χ1v) is 9.76. The van der Waals surface area contributed by atoms with Gasteiger partial charge >= 0.3 is 6.09 Å². The minimum absolute atomic E-state index is 0.447. The van der Waals surface area contributed by atoms with Crippen LogP contribution in [0.2, 0.25) is 0 Å². The number of amides is 1. The molecule has 0 radical (unpaired) electrons. The van der Waals surface area contributed by atoms with Crippen molar-refractivity contribution >= 4 is 17.6 Å². The molecular formula is C20H27N5O3. The van der Waals surface area contributed by atoms with E-state index >= 15 is 0 Å². The average Bonchev–Trinajstić information content (AvgIpc) is 3.38. The van der Waals surface area contributed by atoms with Gasteiger partial charge in [-0.25, -0.2) is 14.8 Å². The third-order valence-electron chi connectivity index (χ3n) is 4.72. The van der Waals surface area contributed by atoms with Gasteiger partial charge in [0.2, 0.25) is 0 Å². The highest BCUT2D eigenvalue weighted by Crippen LogP contribution is 2.39. The maximum absolute atomic E-state index is 12.1. The topological polar surface area (TPSA) is 81.5 Å². The molecule has 2 aromatic rings. The standard InChI is InChI=1S/C20H27N5O3/c1-20(2,3)28-19(26)23-18-10-16(25-12-15(22-13-25)14-4-5-14)17(11-21-18)24-6-8-27-9-7-24/h10-14H,4-9H2,1-3H3,(H,21,23,26).